The Labute approximate surface area is 207 Å². The summed E-state index contributed by atoms with van der Waals surface area (Å²) in [7, 11) is 0. The van der Waals surface area contributed by atoms with Crippen LogP contribution >= 0.6 is 11.6 Å². The van der Waals surface area contributed by atoms with E-state index in [0.29, 0.717) is 49.7 Å². The van der Waals surface area contributed by atoms with Crippen molar-refractivity contribution in [3.8, 4) is 0 Å². The Morgan fingerprint density at radius 1 is 0.889 bits per heavy atom. The van der Waals surface area contributed by atoms with E-state index in [1.165, 1.54) is 6.07 Å². The first-order valence-corrected chi connectivity index (χ1v) is 11.1. The van der Waals surface area contributed by atoms with Gasteiger partial charge in [0.25, 0.3) is 11.8 Å². The summed E-state index contributed by atoms with van der Waals surface area (Å²) in [6.07, 6.45) is -0.140. The Morgan fingerprint density at radius 3 is 2.39 bits per heavy atom. The Hall–Kier alpha value is -4.83. The molecule has 3 amide bonds. The van der Waals surface area contributed by atoms with Crippen molar-refractivity contribution in [3.05, 3.63) is 93.1 Å². The Balaban J connectivity index is 1.39. The maximum atomic E-state index is 12.8. The number of benzene rings is 3. The van der Waals surface area contributed by atoms with Crippen LogP contribution in [0.3, 0.4) is 0 Å². The fourth-order valence-electron chi connectivity index (χ4n) is 3.93. The Bertz CT molecular complexity index is 1710. The zero-order valence-electron chi connectivity index (χ0n) is 18.5. The van der Waals surface area contributed by atoms with Crippen LogP contribution in [0.2, 0.25) is 5.02 Å². The second kappa shape index (κ2) is 9.08. The van der Waals surface area contributed by atoms with Gasteiger partial charge in [-0.05, 0) is 48.5 Å². The summed E-state index contributed by atoms with van der Waals surface area (Å²) in [4.78, 5) is 54.5. The molecule has 0 aliphatic carbocycles. The fourth-order valence-corrected chi connectivity index (χ4v) is 4.06. The van der Waals surface area contributed by atoms with Crippen molar-refractivity contribution in [2.75, 3.05) is 10.6 Å². The van der Waals surface area contributed by atoms with Gasteiger partial charge < -0.3 is 25.8 Å². The number of hydrogen-bond acceptors (Lipinski definition) is 5. The number of hydrogen-bond donors (Lipinski definition) is 5. The molecule has 0 bridgehead atoms. The van der Waals surface area contributed by atoms with E-state index in [1.807, 2.05) is 0 Å². The highest BCUT2D eigenvalue weighted by atomic mass is 35.5. The number of aromatic amines is 2. The number of amides is 3. The number of aromatic nitrogens is 2. The van der Waals surface area contributed by atoms with Gasteiger partial charge in [-0.3, -0.25) is 19.4 Å². The molecule has 0 saturated carbocycles. The van der Waals surface area contributed by atoms with Gasteiger partial charge in [-0.1, -0.05) is 17.7 Å². The molecule has 6 N–H and O–H groups in total. The van der Waals surface area contributed by atoms with E-state index >= 15 is 0 Å². The molecule has 2 heterocycles. The van der Waals surface area contributed by atoms with E-state index < -0.39 is 17.6 Å². The Kier molecular flexibility index (Phi) is 5.79. The summed E-state index contributed by atoms with van der Waals surface area (Å²) in [5, 5.41) is 6.50. The number of oxazole rings is 1. The van der Waals surface area contributed by atoms with E-state index in [1.54, 1.807) is 54.6 Å². The predicted octanol–water partition coefficient (Wildman–Crippen LogP) is 3.79. The van der Waals surface area contributed by atoms with E-state index in [9.17, 15) is 19.2 Å². The van der Waals surface area contributed by atoms with Gasteiger partial charge in [-0.15, -0.1) is 0 Å². The molecule has 10 nitrogen and oxygen atoms in total. The summed E-state index contributed by atoms with van der Waals surface area (Å²) in [6.45, 7) is 0. The highest BCUT2D eigenvalue weighted by Crippen LogP contribution is 2.25. The molecule has 2 aromatic heterocycles. The average molecular weight is 504 g/mol. The molecule has 0 aliphatic heterocycles. The summed E-state index contributed by atoms with van der Waals surface area (Å²) in [5.74, 6) is -2.08. The smallest absolute Gasteiger partial charge is 0.408 e. The molecule has 0 fully saturated rings. The number of H-pyrrole nitrogens is 2. The normalized spacial score (nSPS) is 11.0. The fraction of sp³-hybridized carbons (Fsp3) is 0.0400. The zero-order chi connectivity index (χ0) is 25.4. The first kappa shape index (κ1) is 22.9. The van der Waals surface area contributed by atoms with Crippen LogP contribution in [0.4, 0.5) is 11.4 Å². The summed E-state index contributed by atoms with van der Waals surface area (Å²) in [5.41, 5.74) is 8.68. The highest BCUT2D eigenvalue weighted by Gasteiger charge is 2.20. The van der Waals surface area contributed by atoms with Crippen LogP contribution in [0.25, 0.3) is 22.0 Å². The van der Waals surface area contributed by atoms with Crippen molar-refractivity contribution in [1.82, 2.24) is 9.97 Å². The van der Waals surface area contributed by atoms with Gasteiger partial charge in [0.2, 0.25) is 5.91 Å². The minimum Gasteiger partial charge on any atom is -0.408 e. The lowest BCUT2D eigenvalue weighted by Gasteiger charge is -2.05. The molecular weight excluding hydrogens is 486 g/mol. The standard InChI is InChI=1S/C25H18ClN5O5/c26-13-2-4-14(5-3-13)28-21(32)11-19-22(23(27)33)16-7-1-12(9-18(16)30-19)24(34)29-15-6-8-17-20(10-15)36-25(35)31-17/h1-10,30H,11H2,(H2,27,33)(H,28,32)(H,29,34)(H,31,35). The number of rotatable bonds is 6. The van der Waals surface area contributed by atoms with Gasteiger partial charge in [0.1, 0.15) is 0 Å². The third kappa shape index (κ3) is 4.57. The zero-order valence-corrected chi connectivity index (χ0v) is 19.2. The van der Waals surface area contributed by atoms with Crippen molar-refractivity contribution in [2.45, 2.75) is 6.42 Å². The molecule has 0 unspecified atom stereocenters. The maximum Gasteiger partial charge on any atom is 0.417 e. The van der Waals surface area contributed by atoms with Gasteiger partial charge in [-0.25, -0.2) is 4.79 Å². The lowest BCUT2D eigenvalue weighted by atomic mass is 10.1. The van der Waals surface area contributed by atoms with Crippen molar-refractivity contribution in [3.63, 3.8) is 0 Å². The maximum absolute atomic E-state index is 12.8. The SMILES string of the molecule is NC(=O)c1c(CC(=O)Nc2ccc(Cl)cc2)[nH]c2cc(C(=O)Nc3ccc4[nH]c(=O)oc4c3)ccc12. The van der Waals surface area contributed by atoms with E-state index in [2.05, 4.69) is 20.6 Å². The molecule has 5 rings (SSSR count). The van der Waals surface area contributed by atoms with Crippen LogP contribution in [0, 0.1) is 0 Å². The first-order valence-electron chi connectivity index (χ1n) is 10.7. The average Bonchev–Trinajstić information content (AvgIpc) is 3.38. The molecule has 5 aromatic rings. The molecule has 36 heavy (non-hydrogen) atoms. The van der Waals surface area contributed by atoms with Crippen molar-refractivity contribution < 1.29 is 18.8 Å². The third-order valence-electron chi connectivity index (χ3n) is 5.53. The van der Waals surface area contributed by atoms with Crippen LogP contribution in [-0.2, 0) is 11.2 Å². The van der Waals surface area contributed by atoms with Crippen LogP contribution < -0.4 is 22.1 Å². The van der Waals surface area contributed by atoms with Crippen LogP contribution in [-0.4, -0.2) is 27.7 Å². The van der Waals surface area contributed by atoms with Gasteiger partial charge in [0.05, 0.1) is 17.5 Å². The molecule has 0 atom stereocenters. The minimum absolute atomic E-state index is 0.140. The van der Waals surface area contributed by atoms with Gasteiger partial charge >= 0.3 is 5.76 Å². The van der Waals surface area contributed by atoms with Gasteiger partial charge in [0, 0.05) is 44.6 Å². The second-order valence-corrected chi connectivity index (χ2v) is 8.45. The molecule has 180 valence electrons. The molecule has 0 aliphatic rings. The number of nitrogens with two attached hydrogens (primary N) is 1. The van der Waals surface area contributed by atoms with E-state index in [0.717, 1.165) is 0 Å². The number of primary amides is 1. The lowest BCUT2D eigenvalue weighted by molar-refractivity contribution is -0.115. The van der Waals surface area contributed by atoms with Gasteiger partial charge in [-0.2, -0.15) is 0 Å². The third-order valence-corrected chi connectivity index (χ3v) is 5.78. The minimum atomic E-state index is -0.700. The number of carbonyl (C=O) groups is 3. The molecule has 3 aromatic carbocycles. The summed E-state index contributed by atoms with van der Waals surface area (Å²) < 4.78 is 5.02. The highest BCUT2D eigenvalue weighted by molar-refractivity contribution is 6.30. The van der Waals surface area contributed by atoms with E-state index in [4.69, 9.17) is 21.8 Å². The topological polar surface area (TPSA) is 163 Å². The van der Waals surface area contributed by atoms with Crippen molar-refractivity contribution in [1.29, 1.82) is 0 Å². The molecule has 0 spiro atoms. The molecule has 0 radical (unpaired) electrons. The largest absolute Gasteiger partial charge is 0.417 e. The molecule has 11 heteroatoms. The molecular formula is C25H18ClN5O5. The summed E-state index contributed by atoms with van der Waals surface area (Å²) in [6, 6.07) is 16.1. The van der Waals surface area contributed by atoms with Gasteiger partial charge in [0.15, 0.2) is 5.58 Å². The quantitative estimate of drug-likeness (QED) is 0.237. The van der Waals surface area contributed by atoms with Crippen LogP contribution in [0.5, 0.6) is 0 Å². The van der Waals surface area contributed by atoms with Crippen molar-refractivity contribution >= 4 is 62.7 Å². The predicted molar refractivity (Wildman–Crippen MR) is 135 cm³/mol. The van der Waals surface area contributed by atoms with Crippen LogP contribution in [0.1, 0.15) is 26.4 Å². The summed E-state index contributed by atoms with van der Waals surface area (Å²) >= 11 is 5.87. The number of nitrogens with one attached hydrogen (secondary N) is 4. The number of anilines is 2. The molecule has 0 saturated heterocycles. The second-order valence-electron chi connectivity index (χ2n) is 8.01. The number of halogens is 1. The lowest BCUT2D eigenvalue weighted by Crippen LogP contribution is -2.18. The van der Waals surface area contributed by atoms with Crippen molar-refractivity contribution in [2.24, 2.45) is 5.73 Å². The first-order chi connectivity index (χ1) is 17.3. The monoisotopic (exact) mass is 503 g/mol. The Morgan fingerprint density at radius 2 is 1.64 bits per heavy atom. The van der Waals surface area contributed by atoms with Crippen LogP contribution in [0.15, 0.2) is 69.9 Å². The van der Waals surface area contributed by atoms with E-state index in [-0.39, 0.29) is 17.9 Å². The number of fused-ring (bicyclic) bond motifs is 2. The number of carbonyl (C=O) groups excluding carboxylic acids is 3.